The lowest BCUT2D eigenvalue weighted by Gasteiger charge is -2.41. The van der Waals surface area contributed by atoms with Gasteiger partial charge in [-0.05, 0) is 51.4 Å². The summed E-state index contributed by atoms with van der Waals surface area (Å²) in [4.78, 5) is 35.7. The van der Waals surface area contributed by atoms with Gasteiger partial charge in [-0.3, -0.25) is 18.6 Å². The summed E-state index contributed by atoms with van der Waals surface area (Å²) in [5.41, 5.74) is 0. The average molecular weight is 889 g/mol. The number of hydrogen-bond acceptors (Lipinski definition) is 12. The summed E-state index contributed by atoms with van der Waals surface area (Å²) < 4.78 is 33.5. The molecular weight excluding hydrogens is 803 g/mol. The van der Waals surface area contributed by atoms with Crippen LogP contribution in [-0.2, 0) is 32.7 Å². The monoisotopic (exact) mass is 889 g/mol. The molecule has 61 heavy (non-hydrogen) atoms. The van der Waals surface area contributed by atoms with E-state index in [1.807, 2.05) is 0 Å². The molecule has 0 radical (unpaired) electrons. The zero-order valence-electron chi connectivity index (χ0n) is 37.7. The number of hydrogen-bond donors (Lipinski definition) is 6. The second kappa shape index (κ2) is 37.4. The molecule has 8 atom stereocenters. The number of ether oxygens (including phenoxy) is 2. The predicted molar refractivity (Wildman–Crippen MR) is 240 cm³/mol. The fourth-order valence-corrected chi connectivity index (χ4v) is 8.09. The van der Waals surface area contributed by atoms with E-state index in [1.165, 1.54) is 83.5 Å². The molecule has 6 unspecified atom stereocenters. The van der Waals surface area contributed by atoms with Crippen LogP contribution in [0.4, 0.5) is 0 Å². The smallest absolute Gasteiger partial charge is 0.462 e. The van der Waals surface area contributed by atoms with Crippen molar-refractivity contribution >= 4 is 19.8 Å². The summed E-state index contributed by atoms with van der Waals surface area (Å²) in [6.45, 7) is 3.26. The Morgan fingerprint density at radius 3 is 1.38 bits per heavy atom. The van der Waals surface area contributed by atoms with Gasteiger partial charge in [-0.1, -0.05) is 166 Å². The number of allylic oxidation sites excluding steroid dienone is 6. The molecule has 0 aliphatic heterocycles. The molecule has 1 fully saturated rings. The molecule has 0 aromatic heterocycles. The van der Waals surface area contributed by atoms with E-state index < -0.39 is 75.7 Å². The van der Waals surface area contributed by atoms with Gasteiger partial charge in [-0.2, -0.15) is 0 Å². The minimum Gasteiger partial charge on any atom is -0.462 e. The van der Waals surface area contributed by atoms with Crippen LogP contribution < -0.4 is 0 Å². The third-order valence-corrected chi connectivity index (χ3v) is 12.0. The number of carbonyl (C=O) groups excluding carboxylic acids is 2. The minimum atomic E-state index is -5.12. The molecular formula is C47H85O13P. The van der Waals surface area contributed by atoms with Crippen LogP contribution in [0, 0.1) is 0 Å². The Labute approximate surface area is 368 Å². The van der Waals surface area contributed by atoms with Crippen LogP contribution in [0.1, 0.15) is 194 Å². The number of unbranched alkanes of at least 4 members (excludes halogenated alkanes) is 21. The molecule has 1 aliphatic rings. The Hall–Kier alpha value is -1.93. The summed E-state index contributed by atoms with van der Waals surface area (Å²) in [5.74, 6) is -1.12. The van der Waals surface area contributed by atoms with E-state index in [-0.39, 0.29) is 12.8 Å². The Kier molecular flexibility index (Phi) is 35.0. The first-order valence-corrected chi connectivity index (χ1v) is 25.3. The number of rotatable bonds is 39. The van der Waals surface area contributed by atoms with Gasteiger partial charge in [0.15, 0.2) is 6.10 Å². The van der Waals surface area contributed by atoms with Gasteiger partial charge in [0.1, 0.15) is 43.2 Å². The summed E-state index contributed by atoms with van der Waals surface area (Å²) in [5, 5.41) is 50.2. The molecule has 0 heterocycles. The molecule has 356 valence electrons. The van der Waals surface area contributed by atoms with E-state index in [1.54, 1.807) is 0 Å². The molecule has 0 aromatic rings. The standard InChI is InChI=1S/C47H85O13P/c1-3-5-7-9-11-13-15-17-19-20-22-23-25-27-29-31-33-35-40(48)57-37-39(38-58-61(55,56)60-47-45(53)43(51)42(50)44(52)46(47)54)59-41(49)36-34-32-30-28-26-24-21-18-16-14-12-10-8-6-4-2/h11,13,17,19,22-23,39,42-47,50-54H,3-10,12,14-16,18,20-21,24-38H2,1-2H3,(H,55,56)/b13-11+,19-17+,23-22+/t39-,42?,43-,44?,45?,46?,47?/m0/s1. The topological polar surface area (TPSA) is 210 Å². The quantitative estimate of drug-likeness (QED) is 0.0147. The highest BCUT2D eigenvalue weighted by atomic mass is 31.2. The van der Waals surface area contributed by atoms with Crippen LogP contribution in [-0.4, -0.2) is 98.3 Å². The van der Waals surface area contributed by atoms with E-state index in [9.17, 15) is 44.6 Å². The number of carbonyl (C=O) groups is 2. The predicted octanol–water partition coefficient (Wildman–Crippen LogP) is 9.39. The maximum absolute atomic E-state index is 12.8. The lowest BCUT2D eigenvalue weighted by atomic mass is 9.85. The first-order valence-electron chi connectivity index (χ1n) is 23.8. The van der Waals surface area contributed by atoms with Crippen molar-refractivity contribution < 1.29 is 63.1 Å². The first kappa shape index (κ1) is 57.1. The number of phosphoric ester groups is 1. The lowest BCUT2D eigenvalue weighted by molar-refractivity contribution is -0.220. The minimum absolute atomic E-state index is 0.0945. The molecule has 1 saturated carbocycles. The first-order chi connectivity index (χ1) is 29.4. The molecule has 1 rings (SSSR count). The van der Waals surface area contributed by atoms with Crippen molar-refractivity contribution in [3.8, 4) is 0 Å². The molecule has 6 N–H and O–H groups in total. The highest BCUT2D eigenvalue weighted by Gasteiger charge is 2.51. The zero-order chi connectivity index (χ0) is 45.0. The van der Waals surface area contributed by atoms with Gasteiger partial charge >= 0.3 is 19.8 Å². The highest BCUT2D eigenvalue weighted by Crippen LogP contribution is 2.47. The van der Waals surface area contributed by atoms with Gasteiger partial charge in [-0.25, -0.2) is 4.57 Å². The Morgan fingerprint density at radius 1 is 0.508 bits per heavy atom. The maximum atomic E-state index is 12.8. The summed E-state index contributed by atoms with van der Waals surface area (Å²) >= 11 is 0. The van der Waals surface area contributed by atoms with Crippen LogP contribution in [0.2, 0.25) is 0 Å². The molecule has 0 bridgehead atoms. The van der Waals surface area contributed by atoms with E-state index in [4.69, 9.17) is 18.5 Å². The van der Waals surface area contributed by atoms with Gasteiger partial charge in [0.2, 0.25) is 0 Å². The lowest BCUT2D eigenvalue weighted by Crippen LogP contribution is -2.64. The second-order valence-electron chi connectivity index (χ2n) is 16.6. The van der Waals surface area contributed by atoms with Gasteiger partial charge in [0, 0.05) is 12.8 Å². The van der Waals surface area contributed by atoms with Crippen LogP contribution in [0.5, 0.6) is 0 Å². The molecule has 0 aromatic carbocycles. The van der Waals surface area contributed by atoms with E-state index >= 15 is 0 Å². The van der Waals surface area contributed by atoms with Crippen LogP contribution in [0.3, 0.4) is 0 Å². The molecule has 1 aliphatic carbocycles. The van der Waals surface area contributed by atoms with Crippen molar-refractivity contribution in [3.63, 3.8) is 0 Å². The average Bonchev–Trinajstić information content (AvgIpc) is 3.24. The number of esters is 2. The van der Waals surface area contributed by atoms with Crippen LogP contribution >= 0.6 is 7.82 Å². The van der Waals surface area contributed by atoms with Crippen molar-refractivity contribution in [2.75, 3.05) is 13.2 Å². The van der Waals surface area contributed by atoms with Gasteiger partial charge in [0.05, 0.1) is 6.61 Å². The molecule has 13 nitrogen and oxygen atoms in total. The van der Waals surface area contributed by atoms with E-state index in [2.05, 4.69) is 50.3 Å². The maximum Gasteiger partial charge on any atom is 0.472 e. The SMILES string of the molecule is CCCCC/C=C/C/C=C/C/C=C/CCCCCCC(=O)OC[C@@H](COP(=O)(O)OC1C(O)C(O)C(O)[C@H](O)C1O)OC(=O)CCCCCCCCCCCCCCCCC. The van der Waals surface area contributed by atoms with Crippen molar-refractivity contribution in [1.29, 1.82) is 0 Å². The Bertz CT molecular complexity index is 1210. The van der Waals surface area contributed by atoms with Crippen molar-refractivity contribution in [2.24, 2.45) is 0 Å². The van der Waals surface area contributed by atoms with Crippen LogP contribution in [0.15, 0.2) is 36.5 Å². The molecule has 0 saturated heterocycles. The normalized spacial score (nSPS) is 22.3. The zero-order valence-corrected chi connectivity index (χ0v) is 38.6. The number of aliphatic hydroxyl groups is 5. The fraction of sp³-hybridized carbons (Fsp3) is 0.830. The Morgan fingerprint density at radius 2 is 0.885 bits per heavy atom. The van der Waals surface area contributed by atoms with Crippen LogP contribution in [0.25, 0.3) is 0 Å². The summed E-state index contributed by atoms with van der Waals surface area (Å²) in [7, 11) is -5.12. The molecule has 0 amide bonds. The largest absolute Gasteiger partial charge is 0.472 e. The molecule has 0 spiro atoms. The van der Waals surface area contributed by atoms with E-state index in [0.717, 1.165) is 70.6 Å². The van der Waals surface area contributed by atoms with Gasteiger partial charge in [-0.15, -0.1) is 0 Å². The van der Waals surface area contributed by atoms with Gasteiger partial charge in [0.25, 0.3) is 0 Å². The molecule has 14 heteroatoms. The second-order valence-corrected chi connectivity index (χ2v) is 18.0. The fourth-order valence-electron chi connectivity index (χ4n) is 7.12. The van der Waals surface area contributed by atoms with Crippen molar-refractivity contribution in [3.05, 3.63) is 36.5 Å². The van der Waals surface area contributed by atoms with Crippen molar-refractivity contribution in [2.45, 2.75) is 236 Å². The number of phosphoric acid groups is 1. The third kappa shape index (κ3) is 30.0. The number of aliphatic hydroxyl groups excluding tert-OH is 5. The van der Waals surface area contributed by atoms with E-state index in [0.29, 0.717) is 12.8 Å². The van der Waals surface area contributed by atoms with Crippen molar-refractivity contribution in [1.82, 2.24) is 0 Å². The van der Waals surface area contributed by atoms with Gasteiger partial charge < -0.3 is 39.9 Å². The summed E-state index contributed by atoms with van der Waals surface area (Å²) in [6, 6.07) is 0. The Balaban J connectivity index is 2.46. The summed E-state index contributed by atoms with van der Waals surface area (Å²) in [6.07, 6.45) is 29.0. The third-order valence-electron chi connectivity index (χ3n) is 11.0. The highest BCUT2D eigenvalue weighted by molar-refractivity contribution is 7.47.